The summed E-state index contributed by atoms with van der Waals surface area (Å²) in [6.45, 7) is 2.86. The van der Waals surface area contributed by atoms with Crippen molar-refractivity contribution < 1.29 is 18.7 Å². The van der Waals surface area contributed by atoms with E-state index >= 15 is 0 Å². The minimum atomic E-state index is -0.499. The highest BCUT2D eigenvalue weighted by molar-refractivity contribution is 5.94. The summed E-state index contributed by atoms with van der Waals surface area (Å²) in [5.74, 6) is 0.0321. The molecular weight excluding hydrogens is 287 g/mol. The lowest BCUT2D eigenvalue weighted by Gasteiger charge is -2.39. The van der Waals surface area contributed by atoms with Gasteiger partial charge in [0.1, 0.15) is 5.82 Å². The molecule has 5 nitrogen and oxygen atoms in total. The van der Waals surface area contributed by atoms with Gasteiger partial charge in [0.2, 0.25) is 0 Å². The molecule has 6 heteroatoms. The normalized spacial score (nSPS) is 26.6. The Bertz CT molecular complexity index is 520. The highest BCUT2D eigenvalue weighted by atomic mass is 19.1. The first kappa shape index (κ1) is 15.4. The average Bonchev–Trinajstić information content (AvgIpc) is 2.56. The lowest BCUT2D eigenvalue weighted by atomic mass is 9.79. The number of carbonyl (C=O) groups excluding carboxylic acids is 1. The lowest BCUT2D eigenvalue weighted by molar-refractivity contribution is -0.0259. The maximum Gasteiger partial charge on any atom is 0.253 e. The molecule has 2 fully saturated rings. The number of amides is 1. The fourth-order valence-electron chi connectivity index (χ4n) is 3.34. The molecule has 0 unspecified atom stereocenters. The van der Waals surface area contributed by atoms with E-state index in [1.165, 1.54) is 12.3 Å². The highest BCUT2D eigenvalue weighted by Crippen LogP contribution is 2.30. The summed E-state index contributed by atoms with van der Waals surface area (Å²) in [6, 6.07) is 1.28. The second-order valence-electron chi connectivity index (χ2n) is 5.95. The first-order valence-corrected chi connectivity index (χ1v) is 7.81. The van der Waals surface area contributed by atoms with E-state index in [4.69, 9.17) is 9.47 Å². The van der Waals surface area contributed by atoms with Crippen LogP contribution >= 0.6 is 0 Å². The Hall–Kier alpha value is -1.53. The van der Waals surface area contributed by atoms with Crippen molar-refractivity contribution in [2.24, 2.45) is 11.8 Å². The first-order chi connectivity index (χ1) is 10.7. The monoisotopic (exact) mass is 308 g/mol. The van der Waals surface area contributed by atoms with Crippen LogP contribution in [0.5, 0.6) is 0 Å². The summed E-state index contributed by atoms with van der Waals surface area (Å²) in [5.41, 5.74) is 0.261. The summed E-state index contributed by atoms with van der Waals surface area (Å²) in [5, 5.41) is 3.04. The van der Waals surface area contributed by atoms with Crippen LogP contribution in [0.3, 0.4) is 0 Å². The predicted octanol–water partition coefficient (Wildman–Crippen LogP) is 1.78. The van der Waals surface area contributed by atoms with Crippen LogP contribution in [0.4, 0.5) is 4.39 Å². The molecule has 1 aromatic heterocycles. The van der Waals surface area contributed by atoms with E-state index in [9.17, 15) is 9.18 Å². The van der Waals surface area contributed by atoms with Crippen LogP contribution in [0.2, 0.25) is 0 Å². The minimum Gasteiger partial charge on any atom is -0.381 e. The van der Waals surface area contributed by atoms with Gasteiger partial charge < -0.3 is 14.8 Å². The fourth-order valence-corrected chi connectivity index (χ4v) is 3.34. The number of aromatic nitrogens is 1. The first-order valence-electron chi connectivity index (χ1n) is 7.81. The summed E-state index contributed by atoms with van der Waals surface area (Å²) in [7, 11) is 0. The third-order valence-electron chi connectivity index (χ3n) is 4.56. The van der Waals surface area contributed by atoms with Crippen molar-refractivity contribution in [1.82, 2.24) is 10.3 Å². The molecular formula is C16H21FN2O3. The molecule has 0 spiro atoms. The van der Waals surface area contributed by atoms with Crippen LogP contribution in [-0.4, -0.2) is 43.4 Å². The fraction of sp³-hybridized carbons (Fsp3) is 0.625. The maximum atomic E-state index is 13.2. The van der Waals surface area contributed by atoms with Crippen LogP contribution in [0, 0.1) is 17.7 Å². The number of pyridine rings is 1. The number of nitrogens with zero attached hydrogens (tertiary/aromatic N) is 1. The van der Waals surface area contributed by atoms with Crippen molar-refractivity contribution in [3.05, 3.63) is 29.8 Å². The molecule has 0 aromatic carbocycles. The summed E-state index contributed by atoms with van der Waals surface area (Å²) in [6.07, 6.45) is 5.28. The minimum absolute atomic E-state index is 0.0626. The molecule has 2 atom stereocenters. The van der Waals surface area contributed by atoms with Gasteiger partial charge in [-0.3, -0.25) is 9.78 Å². The molecule has 1 amide bonds. The van der Waals surface area contributed by atoms with Gasteiger partial charge in [0, 0.05) is 38.0 Å². The molecule has 120 valence electrons. The summed E-state index contributed by atoms with van der Waals surface area (Å²) >= 11 is 0. The van der Waals surface area contributed by atoms with Crippen LogP contribution in [0.1, 0.15) is 29.6 Å². The second-order valence-corrected chi connectivity index (χ2v) is 5.95. The third kappa shape index (κ3) is 3.62. The van der Waals surface area contributed by atoms with E-state index in [1.54, 1.807) is 0 Å². The van der Waals surface area contributed by atoms with Gasteiger partial charge in [-0.25, -0.2) is 4.39 Å². The number of carbonyl (C=O) groups is 1. The SMILES string of the molecule is O=C(N[C@H]1CCOC[C@H]1C1CCOCC1)c1cncc(F)c1. The average molecular weight is 308 g/mol. The maximum absolute atomic E-state index is 13.2. The predicted molar refractivity (Wildman–Crippen MR) is 77.9 cm³/mol. The van der Waals surface area contributed by atoms with Gasteiger partial charge in [-0.2, -0.15) is 0 Å². The van der Waals surface area contributed by atoms with Gasteiger partial charge in [0.25, 0.3) is 5.91 Å². The lowest BCUT2D eigenvalue weighted by Crippen LogP contribution is -2.49. The van der Waals surface area contributed by atoms with Crippen LogP contribution in [0.15, 0.2) is 18.5 Å². The molecule has 2 aliphatic heterocycles. The zero-order valence-electron chi connectivity index (χ0n) is 12.5. The third-order valence-corrected chi connectivity index (χ3v) is 4.56. The van der Waals surface area contributed by atoms with E-state index in [2.05, 4.69) is 10.3 Å². The Morgan fingerprint density at radius 1 is 1.18 bits per heavy atom. The van der Waals surface area contributed by atoms with E-state index in [0.717, 1.165) is 38.7 Å². The van der Waals surface area contributed by atoms with E-state index < -0.39 is 5.82 Å². The highest BCUT2D eigenvalue weighted by Gasteiger charge is 2.34. The summed E-state index contributed by atoms with van der Waals surface area (Å²) in [4.78, 5) is 16.0. The van der Waals surface area contributed by atoms with Crippen molar-refractivity contribution in [2.75, 3.05) is 26.4 Å². The van der Waals surface area contributed by atoms with Crippen molar-refractivity contribution in [1.29, 1.82) is 0 Å². The molecule has 1 aromatic rings. The van der Waals surface area contributed by atoms with Crippen LogP contribution < -0.4 is 5.32 Å². The van der Waals surface area contributed by atoms with Gasteiger partial charge in [0.05, 0.1) is 18.4 Å². The Morgan fingerprint density at radius 2 is 1.95 bits per heavy atom. The van der Waals surface area contributed by atoms with Crippen molar-refractivity contribution in [3.63, 3.8) is 0 Å². The number of ether oxygens (including phenoxy) is 2. The number of halogens is 1. The van der Waals surface area contributed by atoms with Gasteiger partial charge in [-0.05, 0) is 31.2 Å². The van der Waals surface area contributed by atoms with Crippen molar-refractivity contribution in [3.8, 4) is 0 Å². The van der Waals surface area contributed by atoms with E-state index in [1.807, 2.05) is 0 Å². The van der Waals surface area contributed by atoms with Gasteiger partial charge >= 0.3 is 0 Å². The molecule has 0 bridgehead atoms. The van der Waals surface area contributed by atoms with Crippen molar-refractivity contribution in [2.45, 2.75) is 25.3 Å². The number of nitrogens with one attached hydrogen (secondary N) is 1. The van der Waals surface area contributed by atoms with Crippen molar-refractivity contribution >= 4 is 5.91 Å². The topological polar surface area (TPSA) is 60.5 Å². The Labute approximate surface area is 129 Å². The standard InChI is InChI=1S/C16H21FN2O3/c17-13-7-12(8-18-9-13)16(20)19-15-3-6-22-10-14(15)11-1-4-21-5-2-11/h7-9,11,14-15H,1-6,10H2,(H,19,20)/t14-,15-/m0/s1. The Morgan fingerprint density at radius 3 is 2.73 bits per heavy atom. The van der Waals surface area contributed by atoms with Crippen LogP contribution in [-0.2, 0) is 9.47 Å². The zero-order chi connectivity index (χ0) is 15.4. The van der Waals surface area contributed by atoms with E-state index in [0.29, 0.717) is 25.0 Å². The quantitative estimate of drug-likeness (QED) is 0.925. The molecule has 2 aliphatic rings. The number of hydrogen-bond acceptors (Lipinski definition) is 4. The molecule has 22 heavy (non-hydrogen) atoms. The molecule has 1 N–H and O–H groups in total. The smallest absolute Gasteiger partial charge is 0.253 e. The zero-order valence-corrected chi connectivity index (χ0v) is 12.5. The van der Waals surface area contributed by atoms with Gasteiger partial charge in [-0.1, -0.05) is 0 Å². The number of hydrogen-bond donors (Lipinski definition) is 1. The van der Waals surface area contributed by atoms with E-state index in [-0.39, 0.29) is 17.5 Å². The largest absolute Gasteiger partial charge is 0.381 e. The van der Waals surface area contributed by atoms with Gasteiger partial charge in [0.15, 0.2) is 0 Å². The molecule has 3 rings (SSSR count). The Balaban J connectivity index is 1.67. The number of rotatable bonds is 3. The summed E-state index contributed by atoms with van der Waals surface area (Å²) < 4.78 is 24.2. The second kappa shape index (κ2) is 7.15. The van der Waals surface area contributed by atoms with Gasteiger partial charge in [-0.15, -0.1) is 0 Å². The molecule has 0 radical (unpaired) electrons. The van der Waals surface area contributed by atoms with Crippen LogP contribution in [0.25, 0.3) is 0 Å². The molecule has 0 saturated carbocycles. The molecule has 2 saturated heterocycles. The molecule has 3 heterocycles. The molecule has 0 aliphatic carbocycles. The Kier molecular flexibility index (Phi) is 5.00.